The highest BCUT2D eigenvalue weighted by Crippen LogP contribution is 2.28. The second-order valence-electron chi connectivity index (χ2n) is 7.64. The highest BCUT2D eigenvalue weighted by atomic mass is 16.5. The lowest BCUT2D eigenvalue weighted by atomic mass is 9.94. The number of rotatable bonds is 3. The molecule has 3 rings (SSSR count). The van der Waals surface area contributed by atoms with Gasteiger partial charge in [0.15, 0.2) is 0 Å². The molecule has 0 aromatic heterocycles. The Bertz CT molecular complexity index is 328. The largest absolute Gasteiger partial charge is 0.378 e. The van der Waals surface area contributed by atoms with E-state index in [2.05, 4.69) is 23.6 Å². The molecular weight excluding hydrogens is 262 g/mol. The molecule has 0 spiro atoms. The molecule has 0 amide bonds. The first-order chi connectivity index (χ1) is 10.1. The van der Waals surface area contributed by atoms with E-state index in [0.717, 1.165) is 18.7 Å². The van der Waals surface area contributed by atoms with Gasteiger partial charge in [0.25, 0.3) is 0 Å². The van der Waals surface area contributed by atoms with Crippen molar-refractivity contribution < 1.29 is 4.74 Å². The van der Waals surface area contributed by atoms with Gasteiger partial charge in [-0.2, -0.15) is 0 Å². The molecule has 2 N–H and O–H groups in total. The van der Waals surface area contributed by atoms with E-state index >= 15 is 0 Å². The molecule has 0 radical (unpaired) electrons. The molecule has 21 heavy (non-hydrogen) atoms. The zero-order chi connectivity index (χ0) is 14.8. The molecule has 3 unspecified atom stereocenters. The minimum absolute atomic E-state index is 0.445. The maximum Gasteiger partial charge on any atom is 0.0612 e. The quantitative estimate of drug-likeness (QED) is 0.860. The molecule has 3 fully saturated rings. The number of piperidine rings is 1. The van der Waals surface area contributed by atoms with E-state index in [4.69, 9.17) is 10.5 Å². The first-order valence-electron chi connectivity index (χ1n) is 8.98. The molecule has 3 aliphatic heterocycles. The van der Waals surface area contributed by atoms with Crippen LogP contribution in [0.15, 0.2) is 0 Å². The maximum atomic E-state index is 6.03. The summed E-state index contributed by atoms with van der Waals surface area (Å²) in [5.74, 6) is 0.648. The third-order valence-corrected chi connectivity index (χ3v) is 5.83. The standard InChI is InChI=1S/C17H33N3O/c1-13(2)17-11-15(6-10-21-17)20-9-5-16(12-20)19-7-3-14(18)4-8-19/h13-17H,3-12,18H2,1-2H3. The van der Waals surface area contributed by atoms with Crippen molar-refractivity contribution in [1.82, 2.24) is 9.80 Å². The van der Waals surface area contributed by atoms with Gasteiger partial charge in [-0.1, -0.05) is 13.8 Å². The van der Waals surface area contributed by atoms with E-state index < -0.39 is 0 Å². The van der Waals surface area contributed by atoms with Crippen LogP contribution in [0.5, 0.6) is 0 Å². The Balaban J connectivity index is 1.50. The minimum Gasteiger partial charge on any atom is -0.378 e. The summed E-state index contributed by atoms with van der Waals surface area (Å²) >= 11 is 0. The fraction of sp³-hybridized carbons (Fsp3) is 1.00. The van der Waals surface area contributed by atoms with E-state index in [1.807, 2.05) is 0 Å². The Morgan fingerprint density at radius 2 is 1.67 bits per heavy atom. The van der Waals surface area contributed by atoms with Gasteiger partial charge in [-0.05, 0) is 51.1 Å². The number of nitrogens with zero attached hydrogens (tertiary/aromatic N) is 2. The molecule has 4 nitrogen and oxygen atoms in total. The normalized spacial score (nSPS) is 37.4. The molecule has 0 aromatic carbocycles. The SMILES string of the molecule is CC(C)C1CC(N2CCC(N3CCC(N)CC3)C2)CCO1. The van der Waals surface area contributed by atoms with Crippen LogP contribution in [0.25, 0.3) is 0 Å². The van der Waals surface area contributed by atoms with Crippen molar-refractivity contribution in [3.8, 4) is 0 Å². The van der Waals surface area contributed by atoms with Crippen LogP contribution in [-0.2, 0) is 4.74 Å². The van der Waals surface area contributed by atoms with E-state index in [1.54, 1.807) is 0 Å². The van der Waals surface area contributed by atoms with Crippen LogP contribution in [0.4, 0.5) is 0 Å². The highest BCUT2D eigenvalue weighted by molar-refractivity contribution is 4.91. The van der Waals surface area contributed by atoms with Crippen molar-refractivity contribution in [1.29, 1.82) is 0 Å². The Labute approximate surface area is 130 Å². The van der Waals surface area contributed by atoms with Gasteiger partial charge in [0.2, 0.25) is 0 Å². The van der Waals surface area contributed by atoms with Gasteiger partial charge in [-0.3, -0.25) is 9.80 Å². The summed E-state index contributed by atoms with van der Waals surface area (Å²) in [6, 6.07) is 1.97. The maximum absolute atomic E-state index is 6.03. The second kappa shape index (κ2) is 6.95. The van der Waals surface area contributed by atoms with Crippen LogP contribution < -0.4 is 5.73 Å². The molecular formula is C17H33N3O. The molecule has 3 aliphatic rings. The number of ether oxygens (including phenoxy) is 1. The first kappa shape index (κ1) is 15.7. The molecule has 0 aliphatic carbocycles. The van der Waals surface area contributed by atoms with Gasteiger partial charge in [-0.25, -0.2) is 0 Å². The summed E-state index contributed by atoms with van der Waals surface area (Å²) in [7, 11) is 0. The summed E-state index contributed by atoms with van der Waals surface area (Å²) in [5.41, 5.74) is 6.03. The lowest BCUT2D eigenvalue weighted by Gasteiger charge is -2.38. The van der Waals surface area contributed by atoms with Crippen LogP contribution in [0.1, 0.15) is 46.0 Å². The molecule has 3 heterocycles. The molecule has 0 aromatic rings. The second-order valence-corrected chi connectivity index (χ2v) is 7.64. The minimum atomic E-state index is 0.445. The lowest BCUT2D eigenvalue weighted by Crippen LogP contribution is -2.47. The number of likely N-dealkylation sites (tertiary alicyclic amines) is 2. The zero-order valence-electron chi connectivity index (χ0n) is 13.8. The highest BCUT2D eigenvalue weighted by Gasteiger charge is 2.35. The Morgan fingerprint density at radius 3 is 2.38 bits per heavy atom. The zero-order valence-corrected chi connectivity index (χ0v) is 13.8. The number of hydrogen-bond acceptors (Lipinski definition) is 4. The number of nitrogens with two attached hydrogens (primary N) is 1. The van der Waals surface area contributed by atoms with E-state index in [-0.39, 0.29) is 0 Å². The fourth-order valence-corrected chi connectivity index (χ4v) is 4.29. The monoisotopic (exact) mass is 295 g/mol. The summed E-state index contributed by atoms with van der Waals surface area (Å²) in [6.45, 7) is 10.5. The van der Waals surface area contributed by atoms with E-state index in [1.165, 1.54) is 58.3 Å². The van der Waals surface area contributed by atoms with Crippen molar-refractivity contribution in [3.05, 3.63) is 0 Å². The average Bonchev–Trinajstić information content (AvgIpc) is 2.98. The Hall–Kier alpha value is -0.160. The third-order valence-electron chi connectivity index (χ3n) is 5.83. The molecule has 3 saturated heterocycles. The molecule has 122 valence electrons. The summed E-state index contributed by atoms with van der Waals surface area (Å²) in [5, 5.41) is 0. The van der Waals surface area contributed by atoms with Crippen LogP contribution in [0, 0.1) is 5.92 Å². The summed E-state index contributed by atoms with van der Waals surface area (Å²) in [4.78, 5) is 5.44. The lowest BCUT2D eigenvalue weighted by molar-refractivity contribution is -0.0456. The molecule has 3 atom stereocenters. The smallest absolute Gasteiger partial charge is 0.0612 e. The van der Waals surface area contributed by atoms with Gasteiger partial charge < -0.3 is 10.5 Å². The first-order valence-corrected chi connectivity index (χ1v) is 8.98. The summed E-state index contributed by atoms with van der Waals surface area (Å²) in [6.07, 6.45) is 6.64. The molecule has 4 heteroatoms. The van der Waals surface area contributed by atoms with Crippen LogP contribution >= 0.6 is 0 Å². The predicted molar refractivity (Wildman–Crippen MR) is 86.4 cm³/mol. The van der Waals surface area contributed by atoms with Crippen molar-refractivity contribution in [2.45, 2.75) is 70.2 Å². The Kier molecular flexibility index (Phi) is 5.20. The van der Waals surface area contributed by atoms with Gasteiger partial charge in [0, 0.05) is 37.8 Å². The average molecular weight is 295 g/mol. The van der Waals surface area contributed by atoms with E-state index in [0.29, 0.717) is 18.1 Å². The molecule has 0 saturated carbocycles. The van der Waals surface area contributed by atoms with Crippen LogP contribution in [-0.4, -0.2) is 66.8 Å². The van der Waals surface area contributed by atoms with Gasteiger partial charge in [0.1, 0.15) is 0 Å². The van der Waals surface area contributed by atoms with Gasteiger partial charge in [-0.15, -0.1) is 0 Å². The van der Waals surface area contributed by atoms with Gasteiger partial charge in [0.05, 0.1) is 6.10 Å². The summed E-state index contributed by atoms with van der Waals surface area (Å²) < 4.78 is 5.93. The fourth-order valence-electron chi connectivity index (χ4n) is 4.29. The topological polar surface area (TPSA) is 41.7 Å². The number of hydrogen-bond donors (Lipinski definition) is 1. The van der Waals surface area contributed by atoms with Crippen molar-refractivity contribution in [3.63, 3.8) is 0 Å². The van der Waals surface area contributed by atoms with Crippen LogP contribution in [0.3, 0.4) is 0 Å². The molecule has 0 bridgehead atoms. The predicted octanol–water partition coefficient (Wildman–Crippen LogP) is 1.69. The van der Waals surface area contributed by atoms with E-state index in [9.17, 15) is 0 Å². The van der Waals surface area contributed by atoms with Crippen LogP contribution in [0.2, 0.25) is 0 Å². The Morgan fingerprint density at radius 1 is 0.952 bits per heavy atom. The van der Waals surface area contributed by atoms with Gasteiger partial charge >= 0.3 is 0 Å². The van der Waals surface area contributed by atoms with Crippen molar-refractivity contribution >= 4 is 0 Å². The van der Waals surface area contributed by atoms with Crippen molar-refractivity contribution in [2.75, 3.05) is 32.8 Å². The third kappa shape index (κ3) is 3.79. The van der Waals surface area contributed by atoms with Crippen molar-refractivity contribution in [2.24, 2.45) is 11.7 Å².